The number of nitrogens with zero attached hydrogens (tertiary/aromatic N) is 4. The van der Waals surface area contributed by atoms with E-state index in [0.29, 0.717) is 5.82 Å². The Morgan fingerprint density at radius 2 is 1.94 bits per heavy atom. The van der Waals surface area contributed by atoms with Gasteiger partial charge in [-0.05, 0) is 67.7 Å². The topological polar surface area (TPSA) is 53.4 Å². The maximum Gasteiger partial charge on any atom is 0.161 e. The van der Waals surface area contributed by atoms with Gasteiger partial charge in [0, 0.05) is 51.2 Å². The first kappa shape index (κ1) is 27.8. The molecule has 0 aliphatic rings. The van der Waals surface area contributed by atoms with Crippen LogP contribution in [0, 0.1) is 0 Å². The van der Waals surface area contributed by atoms with Crippen LogP contribution in [-0.4, -0.2) is 48.8 Å². The van der Waals surface area contributed by atoms with E-state index in [4.69, 9.17) is 9.97 Å². The van der Waals surface area contributed by atoms with Crippen LogP contribution in [0.15, 0.2) is 72.5 Å². The van der Waals surface area contributed by atoms with E-state index in [1.54, 1.807) is 7.05 Å². The number of hydrogen-bond acceptors (Lipinski definition) is 5. The van der Waals surface area contributed by atoms with Crippen molar-refractivity contribution in [2.45, 2.75) is 46.0 Å². The van der Waals surface area contributed by atoms with Crippen molar-refractivity contribution in [1.82, 2.24) is 14.9 Å². The molecule has 0 atom stereocenters. The summed E-state index contributed by atoms with van der Waals surface area (Å²) >= 11 is 0. The summed E-state index contributed by atoms with van der Waals surface area (Å²) in [7, 11) is 5.76. The summed E-state index contributed by atoms with van der Waals surface area (Å²) in [6.07, 6.45) is 15.3. The van der Waals surface area contributed by atoms with Gasteiger partial charge in [-0.2, -0.15) is 0 Å². The Balaban J connectivity index is 2.31. The fourth-order valence-corrected chi connectivity index (χ4v) is 3.61. The normalized spacial score (nSPS) is 11.9. The molecule has 2 rings (SSSR count). The lowest BCUT2D eigenvalue weighted by molar-refractivity contribution is 0.564. The second-order valence-corrected chi connectivity index (χ2v) is 8.86. The van der Waals surface area contributed by atoms with Gasteiger partial charge in [0.15, 0.2) is 5.82 Å². The van der Waals surface area contributed by atoms with Gasteiger partial charge in [0.1, 0.15) is 5.82 Å². The van der Waals surface area contributed by atoms with Gasteiger partial charge in [-0.3, -0.25) is 4.99 Å². The van der Waals surface area contributed by atoms with Crippen LogP contribution in [0.5, 0.6) is 0 Å². The summed E-state index contributed by atoms with van der Waals surface area (Å²) in [5.41, 5.74) is 6.20. The van der Waals surface area contributed by atoms with Crippen LogP contribution in [0.25, 0.3) is 22.5 Å². The summed E-state index contributed by atoms with van der Waals surface area (Å²) in [5.74, 6) is 1.48. The van der Waals surface area contributed by atoms with Crippen LogP contribution < -0.4 is 5.32 Å². The maximum atomic E-state index is 4.92. The highest BCUT2D eigenvalue weighted by Crippen LogP contribution is 2.27. The number of aromatic nitrogens is 2. The number of aliphatic imine (C=N–C) groups is 1. The summed E-state index contributed by atoms with van der Waals surface area (Å²) in [6, 6.07) is 8.25. The Morgan fingerprint density at radius 3 is 2.63 bits per heavy atom. The third-order valence-corrected chi connectivity index (χ3v) is 5.63. The largest absolute Gasteiger partial charge is 0.383 e. The van der Waals surface area contributed by atoms with Crippen LogP contribution in [0.2, 0.25) is 0 Å². The van der Waals surface area contributed by atoms with Gasteiger partial charge in [-0.15, -0.1) is 0 Å². The van der Waals surface area contributed by atoms with Crippen LogP contribution >= 0.6 is 0 Å². The number of hydrogen-bond donors (Lipinski definition) is 1. The standard InChI is InChI=1S/C30H41N5/c1-8-10-13-23(3)14-12-18-32-30-28(24(4)17-19-35(6)7)22-33-29(34-30)27-16-11-15-26(20-27)25(9-2)21-31-5/h9,11,15-17,19-22H,3-4,8,10,12-14,18H2,1-2,5-7H3,(H,32,33,34)/b19-17-,25-9+,31-21?. The first-order chi connectivity index (χ1) is 16.9. The smallest absolute Gasteiger partial charge is 0.161 e. The van der Waals surface area contributed by atoms with E-state index in [0.717, 1.165) is 59.5 Å². The van der Waals surface area contributed by atoms with Crippen LogP contribution in [-0.2, 0) is 0 Å². The van der Waals surface area contributed by atoms with Gasteiger partial charge in [0.25, 0.3) is 0 Å². The van der Waals surface area contributed by atoms with E-state index in [1.165, 1.54) is 18.4 Å². The van der Waals surface area contributed by atoms with Gasteiger partial charge in [-0.25, -0.2) is 9.97 Å². The van der Waals surface area contributed by atoms with Crippen molar-refractivity contribution >= 4 is 23.2 Å². The summed E-state index contributed by atoms with van der Waals surface area (Å²) in [5, 5.41) is 3.54. The Kier molecular flexibility index (Phi) is 11.7. The predicted molar refractivity (Wildman–Crippen MR) is 154 cm³/mol. The van der Waals surface area contributed by atoms with Crippen molar-refractivity contribution in [3.63, 3.8) is 0 Å². The molecule has 1 aromatic carbocycles. The first-order valence-corrected chi connectivity index (χ1v) is 12.4. The molecule has 0 saturated heterocycles. The van der Waals surface area contributed by atoms with E-state index < -0.39 is 0 Å². The maximum absolute atomic E-state index is 4.92. The fourth-order valence-electron chi connectivity index (χ4n) is 3.61. The van der Waals surface area contributed by atoms with Crippen molar-refractivity contribution in [2.24, 2.45) is 4.99 Å². The summed E-state index contributed by atoms with van der Waals surface area (Å²) < 4.78 is 0. The highest BCUT2D eigenvalue weighted by molar-refractivity contribution is 6.09. The molecule has 0 fully saturated rings. The monoisotopic (exact) mass is 471 g/mol. The molecule has 1 N–H and O–H groups in total. The minimum atomic E-state index is 0.679. The van der Waals surface area contributed by atoms with Crippen molar-refractivity contribution < 1.29 is 0 Å². The average Bonchev–Trinajstić information content (AvgIpc) is 2.87. The number of unbranched alkanes of at least 4 members (excludes halogenated alkanes) is 1. The Morgan fingerprint density at radius 1 is 1.17 bits per heavy atom. The minimum Gasteiger partial charge on any atom is -0.383 e. The lowest BCUT2D eigenvalue weighted by Gasteiger charge is -2.14. The van der Waals surface area contributed by atoms with E-state index in [1.807, 2.05) is 62.7 Å². The van der Waals surface area contributed by atoms with Gasteiger partial charge in [0.2, 0.25) is 0 Å². The third-order valence-electron chi connectivity index (χ3n) is 5.63. The highest BCUT2D eigenvalue weighted by Gasteiger charge is 2.12. The third kappa shape index (κ3) is 9.01. The zero-order valence-electron chi connectivity index (χ0n) is 22.1. The van der Waals surface area contributed by atoms with Crippen LogP contribution in [0.3, 0.4) is 0 Å². The molecule has 0 amide bonds. The summed E-state index contributed by atoms with van der Waals surface area (Å²) in [6.45, 7) is 13.5. The van der Waals surface area contributed by atoms with Crippen molar-refractivity contribution in [2.75, 3.05) is 33.0 Å². The second-order valence-electron chi connectivity index (χ2n) is 8.86. The molecule has 5 heteroatoms. The molecule has 35 heavy (non-hydrogen) atoms. The van der Waals surface area contributed by atoms with E-state index in [-0.39, 0.29) is 0 Å². The second kappa shape index (κ2) is 14.7. The lowest BCUT2D eigenvalue weighted by Crippen LogP contribution is -2.08. The molecule has 0 spiro atoms. The number of nitrogens with one attached hydrogen (secondary N) is 1. The van der Waals surface area contributed by atoms with Gasteiger partial charge >= 0.3 is 0 Å². The SMILES string of the molecule is C=C(CCCC)CCCNc1nc(-c2cccc(/C(C=NC)=C/C)c2)ncc1C(=C)/C=C\N(C)C. The molecule has 0 radical (unpaired) electrons. The van der Waals surface area contributed by atoms with Crippen LogP contribution in [0.4, 0.5) is 5.82 Å². The highest BCUT2D eigenvalue weighted by atomic mass is 15.0. The van der Waals surface area contributed by atoms with Crippen LogP contribution in [0.1, 0.15) is 57.1 Å². The molecular formula is C30H41N5. The summed E-state index contributed by atoms with van der Waals surface area (Å²) in [4.78, 5) is 15.8. The Hall–Kier alpha value is -3.47. The first-order valence-electron chi connectivity index (χ1n) is 12.4. The molecule has 5 nitrogen and oxygen atoms in total. The molecule has 0 unspecified atom stereocenters. The predicted octanol–water partition coefficient (Wildman–Crippen LogP) is 7.27. The molecule has 186 valence electrons. The molecule has 1 heterocycles. The minimum absolute atomic E-state index is 0.679. The lowest BCUT2D eigenvalue weighted by atomic mass is 10.0. The molecule has 0 bridgehead atoms. The zero-order valence-corrected chi connectivity index (χ0v) is 22.1. The number of rotatable bonds is 14. The molecule has 0 aliphatic heterocycles. The average molecular weight is 472 g/mol. The molecule has 0 aliphatic carbocycles. The van der Waals surface area contributed by atoms with Gasteiger partial charge in [0.05, 0.1) is 0 Å². The fraction of sp³-hybridized carbons (Fsp3) is 0.367. The molecule has 1 aromatic heterocycles. The number of anilines is 1. The number of benzene rings is 1. The molecule has 2 aromatic rings. The van der Waals surface area contributed by atoms with Crippen molar-refractivity contribution in [1.29, 1.82) is 0 Å². The number of allylic oxidation sites excluding steroid dienone is 5. The zero-order chi connectivity index (χ0) is 25.6. The van der Waals surface area contributed by atoms with Crippen molar-refractivity contribution in [3.05, 3.63) is 78.7 Å². The quantitative estimate of drug-likeness (QED) is 0.136. The van der Waals surface area contributed by atoms with Gasteiger partial charge in [-0.1, -0.05) is 56.4 Å². The van der Waals surface area contributed by atoms with Gasteiger partial charge < -0.3 is 10.2 Å². The molecular weight excluding hydrogens is 430 g/mol. The Bertz CT molecular complexity index is 1080. The van der Waals surface area contributed by atoms with E-state index in [9.17, 15) is 0 Å². The molecule has 0 saturated carbocycles. The van der Waals surface area contributed by atoms with E-state index in [2.05, 4.69) is 48.6 Å². The van der Waals surface area contributed by atoms with Crippen molar-refractivity contribution in [3.8, 4) is 11.4 Å². The Labute approximate surface area is 212 Å². The van der Waals surface area contributed by atoms with E-state index >= 15 is 0 Å².